The lowest BCUT2D eigenvalue weighted by Crippen LogP contribution is -2.89. The van der Waals surface area contributed by atoms with Crippen molar-refractivity contribution in [1.29, 1.82) is 10.5 Å². The highest BCUT2D eigenvalue weighted by Gasteiger charge is 2.97. The number of hydrogen-bond acceptors (Lipinski definition) is 7. The maximum absolute atomic E-state index is 10.0. The lowest BCUT2D eigenvalue weighted by molar-refractivity contribution is -0.676. The highest BCUT2D eigenvalue weighted by molar-refractivity contribution is 5.95. The summed E-state index contributed by atoms with van der Waals surface area (Å²) in [5, 5.41) is 19.9. The molecule has 1 aromatic rings. The van der Waals surface area contributed by atoms with Crippen LogP contribution in [0.25, 0.3) is 0 Å². The highest BCUT2D eigenvalue weighted by atomic mass is 16.8. The predicted molar refractivity (Wildman–Crippen MR) is 76.2 cm³/mol. The fourth-order valence-corrected chi connectivity index (χ4v) is 4.41. The van der Waals surface area contributed by atoms with E-state index in [4.69, 9.17) is 24.7 Å². The Morgan fingerprint density at radius 1 is 1.12 bits per heavy atom. The molecule has 3 aliphatic heterocycles. The molecule has 5 rings (SSSR count). The summed E-state index contributed by atoms with van der Waals surface area (Å²) in [6, 6.07) is 9.91. The number of nitrogens with zero attached hydrogens (tertiary/aromatic N) is 2. The summed E-state index contributed by atoms with van der Waals surface area (Å²) in [4.78, 5) is 2.91. The second kappa shape index (κ2) is 3.99. The average molecular weight is 325 g/mol. The van der Waals surface area contributed by atoms with Gasteiger partial charge in [0.05, 0.1) is 25.4 Å². The van der Waals surface area contributed by atoms with E-state index in [-0.39, 0.29) is 12.6 Å². The van der Waals surface area contributed by atoms with Crippen LogP contribution in [0, 0.1) is 33.5 Å². The lowest BCUT2D eigenvalue weighted by Gasteiger charge is -2.23. The minimum Gasteiger partial charge on any atom is -0.454 e. The Labute approximate surface area is 137 Å². The van der Waals surface area contributed by atoms with Gasteiger partial charge in [-0.1, -0.05) is 6.07 Å². The molecule has 4 aliphatic rings. The normalized spacial score (nSPS) is 36.8. The summed E-state index contributed by atoms with van der Waals surface area (Å²) in [7, 11) is 0. The SMILES string of the molecule is N#C[C@@]12C(N)=[NH+]C3(OCCO3)[C@]1(C#N)[C@@H]2c1ccc2c(c1)OCO2. The molecule has 1 aliphatic carbocycles. The first-order chi connectivity index (χ1) is 11.6. The van der Waals surface area contributed by atoms with Gasteiger partial charge in [-0.15, -0.1) is 0 Å². The van der Waals surface area contributed by atoms with Crippen LogP contribution in [0.15, 0.2) is 18.2 Å². The highest BCUT2D eigenvalue weighted by Crippen LogP contribution is 2.79. The zero-order valence-corrected chi connectivity index (χ0v) is 12.5. The summed E-state index contributed by atoms with van der Waals surface area (Å²) >= 11 is 0. The van der Waals surface area contributed by atoms with Crippen molar-refractivity contribution in [1.82, 2.24) is 0 Å². The zero-order chi connectivity index (χ0) is 16.6. The van der Waals surface area contributed by atoms with Crippen molar-refractivity contribution >= 4 is 5.84 Å². The van der Waals surface area contributed by atoms with Crippen LogP contribution in [0.2, 0.25) is 0 Å². The first kappa shape index (κ1) is 13.6. The second-order valence-corrected chi connectivity index (χ2v) is 6.24. The van der Waals surface area contributed by atoms with Gasteiger partial charge < -0.3 is 18.9 Å². The maximum Gasteiger partial charge on any atom is 0.343 e. The van der Waals surface area contributed by atoms with E-state index in [1.165, 1.54) is 0 Å². The standard InChI is InChI=1S/C16H12N4O4/c17-6-14-12(9-1-2-10-11(5-9)22-8-21-10)15(14,7-18)16(20-13(14)19)23-3-4-24-16/h1-2,5,12H,3-4,8H2,(H2,19,20)/p+1/t12-,14-,15-/m1/s1. The Bertz CT molecular complexity index is 879. The van der Waals surface area contributed by atoms with Crippen LogP contribution < -0.4 is 20.2 Å². The molecule has 1 saturated heterocycles. The minimum atomic E-state index is -1.39. The molecule has 1 saturated carbocycles. The minimum absolute atomic E-state index is 0.155. The molecule has 0 aromatic heterocycles. The van der Waals surface area contributed by atoms with Crippen molar-refractivity contribution in [3.05, 3.63) is 23.8 Å². The predicted octanol–water partition coefficient (Wildman–Crippen LogP) is -1.32. The Hall–Kier alpha value is -2.81. The van der Waals surface area contributed by atoms with E-state index in [1.54, 1.807) is 12.1 Å². The summed E-state index contributed by atoms with van der Waals surface area (Å²) in [5.41, 5.74) is 4.45. The van der Waals surface area contributed by atoms with Crippen molar-refractivity contribution in [2.75, 3.05) is 20.0 Å². The van der Waals surface area contributed by atoms with Gasteiger partial charge in [0, 0.05) is 5.92 Å². The van der Waals surface area contributed by atoms with E-state index in [2.05, 4.69) is 17.1 Å². The largest absolute Gasteiger partial charge is 0.454 e. The van der Waals surface area contributed by atoms with E-state index in [0.29, 0.717) is 24.7 Å². The molecule has 3 N–H and O–H groups in total. The van der Waals surface area contributed by atoms with Crippen molar-refractivity contribution in [2.45, 2.75) is 11.8 Å². The van der Waals surface area contributed by atoms with Crippen molar-refractivity contribution in [3.63, 3.8) is 0 Å². The van der Waals surface area contributed by atoms with E-state index in [1.807, 2.05) is 6.07 Å². The Morgan fingerprint density at radius 3 is 2.58 bits per heavy atom. The van der Waals surface area contributed by atoms with E-state index >= 15 is 0 Å². The molecule has 0 bridgehead atoms. The Kier molecular flexibility index (Phi) is 2.26. The third kappa shape index (κ3) is 1.15. The van der Waals surface area contributed by atoms with Crippen LogP contribution in [-0.4, -0.2) is 31.8 Å². The molecular formula is C16H13N4O4+. The molecule has 8 nitrogen and oxygen atoms in total. The van der Waals surface area contributed by atoms with Gasteiger partial charge in [0.15, 0.2) is 22.3 Å². The Morgan fingerprint density at radius 2 is 1.88 bits per heavy atom. The quantitative estimate of drug-likeness (QED) is 0.656. The number of fused-ring (bicyclic) bond motifs is 3. The fourth-order valence-electron chi connectivity index (χ4n) is 4.41. The van der Waals surface area contributed by atoms with Crippen LogP contribution >= 0.6 is 0 Å². The molecule has 3 atom stereocenters. The molecule has 120 valence electrons. The number of nitrogens with two attached hydrogens (primary N) is 1. The molecule has 8 heteroatoms. The summed E-state index contributed by atoms with van der Waals surface area (Å²) in [6.45, 7) is 0.820. The van der Waals surface area contributed by atoms with E-state index < -0.39 is 22.7 Å². The van der Waals surface area contributed by atoms with Gasteiger partial charge in [-0.05, 0) is 17.7 Å². The van der Waals surface area contributed by atoms with Crippen LogP contribution in [0.5, 0.6) is 11.5 Å². The van der Waals surface area contributed by atoms with Gasteiger partial charge in [0.25, 0.3) is 5.84 Å². The van der Waals surface area contributed by atoms with E-state index in [0.717, 1.165) is 5.56 Å². The fraction of sp³-hybridized carbons (Fsp3) is 0.438. The molecule has 0 unspecified atom stereocenters. The van der Waals surface area contributed by atoms with Crippen molar-refractivity contribution in [2.24, 2.45) is 16.6 Å². The van der Waals surface area contributed by atoms with Crippen LogP contribution in [-0.2, 0) is 9.47 Å². The maximum atomic E-state index is 10.0. The molecule has 0 radical (unpaired) electrons. The molecule has 0 amide bonds. The molecule has 1 aromatic carbocycles. The van der Waals surface area contributed by atoms with Gasteiger partial charge in [0.1, 0.15) is 0 Å². The Balaban J connectivity index is 1.70. The van der Waals surface area contributed by atoms with Crippen LogP contribution in [0.3, 0.4) is 0 Å². The molecular weight excluding hydrogens is 312 g/mol. The van der Waals surface area contributed by atoms with Gasteiger partial charge in [-0.3, -0.25) is 5.73 Å². The summed E-state index contributed by atoms with van der Waals surface area (Å²) in [5.74, 6) is -0.431. The van der Waals surface area contributed by atoms with Crippen molar-refractivity contribution < 1.29 is 23.9 Å². The molecule has 2 fully saturated rings. The number of benzene rings is 1. The summed E-state index contributed by atoms with van der Waals surface area (Å²) < 4.78 is 22.2. The first-order valence-corrected chi connectivity index (χ1v) is 7.56. The first-order valence-electron chi connectivity index (χ1n) is 7.56. The van der Waals surface area contributed by atoms with E-state index in [9.17, 15) is 10.5 Å². The monoisotopic (exact) mass is 325 g/mol. The number of nitriles is 2. The molecule has 3 heterocycles. The topological polar surface area (TPSA) is 124 Å². The van der Waals surface area contributed by atoms with Crippen molar-refractivity contribution in [3.8, 4) is 23.6 Å². The summed E-state index contributed by atoms with van der Waals surface area (Å²) in [6.07, 6.45) is 0. The number of ether oxygens (including phenoxy) is 4. The van der Waals surface area contributed by atoms with Crippen LogP contribution in [0.4, 0.5) is 0 Å². The number of nitrogens with one attached hydrogen (secondary N) is 1. The number of rotatable bonds is 1. The molecule has 24 heavy (non-hydrogen) atoms. The zero-order valence-electron chi connectivity index (χ0n) is 12.5. The third-order valence-corrected chi connectivity index (χ3v) is 5.42. The smallest absolute Gasteiger partial charge is 0.343 e. The third-order valence-electron chi connectivity index (χ3n) is 5.42. The van der Waals surface area contributed by atoms with Gasteiger partial charge in [-0.2, -0.15) is 10.5 Å². The molecule has 1 spiro atoms. The average Bonchev–Trinajstić information content (AvgIpc) is 2.99. The van der Waals surface area contributed by atoms with Gasteiger partial charge in [-0.25, -0.2) is 4.99 Å². The van der Waals surface area contributed by atoms with Gasteiger partial charge in [0.2, 0.25) is 6.79 Å². The second-order valence-electron chi connectivity index (χ2n) is 6.24. The number of hydrogen-bond donors (Lipinski definition) is 2. The van der Waals surface area contributed by atoms with Crippen LogP contribution in [0.1, 0.15) is 11.5 Å². The lowest BCUT2D eigenvalue weighted by atomic mass is 9.94. The number of amidine groups is 1. The van der Waals surface area contributed by atoms with Gasteiger partial charge >= 0.3 is 5.91 Å².